The van der Waals surface area contributed by atoms with Crippen molar-refractivity contribution in [3.05, 3.63) is 29.4 Å². The minimum atomic E-state index is 0.996. The normalized spacial score (nSPS) is 10.5. The lowest BCUT2D eigenvalue weighted by Gasteiger charge is -2.01. The lowest BCUT2D eigenvalue weighted by molar-refractivity contribution is 0.833. The first-order valence-electron chi connectivity index (χ1n) is 5.92. The van der Waals surface area contributed by atoms with Crippen molar-refractivity contribution >= 4 is 16.5 Å². The Morgan fingerprint density at radius 1 is 1.41 bits per heavy atom. The van der Waals surface area contributed by atoms with Crippen molar-refractivity contribution in [2.75, 3.05) is 11.9 Å². The lowest BCUT2D eigenvalue weighted by Crippen LogP contribution is -2.00. The SMILES string of the molecule is CCCCNc1nc(-c2cccnc2C)cs1. The van der Waals surface area contributed by atoms with Crippen LogP contribution >= 0.6 is 11.3 Å². The topological polar surface area (TPSA) is 37.8 Å². The molecule has 0 aliphatic rings. The Bertz CT molecular complexity index is 479. The molecular formula is C13H17N3S. The average molecular weight is 247 g/mol. The third-order valence-electron chi connectivity index (χ3n) is 2.59. The zero-order valence-corrected chi connectivity index (χ0v) is 11.0. The van der Waals surface area contributed by atoms with Crippen molar-refractivity contribution in [2.24, 2.45) is 0 Å². The van der Waals surface area contributed by atoms with Gasteiger partial charge >= 0.3 is 0 Å². The molecule has 17 heavy (non-hydrogen) atoms. The number of hydrogen-bond acceptors (Lipinski definition) is 4. The van der Waals surface area contributed by atoms with E-state index in [2.05, 4.69) is 33.7 Å². The zero-order valence-electron chi connectivity index (χ0n) is 10.2. The molecular weight excluding hydrogens is 230 g/mol. The van der Waals surface area contributed by atoms with Crippen molar-refractivity contribution in [3.8, 4) is 11.3 Å². The van der Waals surface area contributed by atoms with Crippen LogP contribution in [0.2, 0.25) is 0 Å². The number of thiazole rings is 1. The molecule has 0 saturated carbocycles. The van der Waals surface area contributed by atoms with Gasteiger partial charge in [-0.25, -0.2) is 4.98 Å². The van der Waals surface area contributed by atoms with Gasteiger partial charge in [-0.1, -0.05) is 13.3 Å². The zero-order chi connectivity index (χ0) is 12.1. The second-order valence-corrected chi connectivity index (χ2v) is 4.81. The molecule has 0 aliphatic heterocycles. The molecule has 0 fully saturated rings. The summed E-state index contributed by atoms with van der Waals surface area (Å²) in [5.41, 5.74) is 3.16. The molecule has 0 aliphatic carbocycles. The highest BCUT2D eigenvalue weighted by Crippen LogP contribution is 2.26. The Morgan fingerprint density at radius 2 is 2.29 bits per heavy atom. The van der Waals surface area contributed by atoms with Gasteiger partial charge in [-0.15, -0.1) is 11.3 Å². The standard InChI is InChI=1S/C13H17N3S/c1-3-4-7-15-13-16-12(9-17-13)11-6-5-8-14-10(11)2/h5-6,8-9H,3-4,7H2,1-2H3,(H,15,16). The van der Waals surface area contributed by atoms with E-state index in [9.17, 15) is 0 Å². The number of rotatable bonds is 5. The molecule has 0 unspecified atom stereocenters. The van der Waals surface area contributed by atoms with E-state index >= 15 is 0 Å². The van der Waals surface area contributed by atoms with Crippen molar-refractivity contribution in [1.82, 2.24) is 9.97 Å². The largest absolute Gasteiger partial charge is 0.362 e. The smallest absolute Gasteiger partial charge is 0.183 e. The predicted molar refractivity (Wildman–Crippen MR) is 73.5 cm³/mol. The molecule has 2 aromatic rings. The highest BCUT2D eigenvalue weighted by Gasteiger charge is 2.06. The van der Waals surface area contributed by atoms with E-state index in [1.165, 1.54) is 12.8 Å². The number of unbranched alkanes of at least 4 members (excludes halogenated alkanes) is 1. The molecule has 4 heteroatoms. The van der Waals surface area contributed by atoms with E-state index in [-0.39, 0.29) is 0 Å². The fraction of sp³-hybridized carbons (Fsp3) is 0.385. The van der Waals surface area contributed by atoms with E-state index in [4.69, 9.17) is 0 Å². The van der Waals surface area contributed by atoms with Crippen LogP contribution in [0.4, 0.5) is 5.13 Å². The molecule has 1 N–H and O–H groups in total. The molecule has 0 atom stereocenters. The van der Waals surface area contributed by atoms with Crippen LogP contribution in [0.25, 0.3) is 11.3 Å². The molecule has 0 spiro atoms. The maximum absolute atomic E-state index is 4.58. The summed E-state index contributed by atoms with van der Waals surface area (Å²) in [6.07, 6.45) is 4.19. The van der Waals surface area contributed by atoms with Crippen LogP contribution in [0.3, 0.4) is 0 Å². The third kappa shape index (κ3) is 3.03. The monoisotopic (exact) mass is 247 g/mol. The summed E-state index contributed by atoms with van der Waals surface area (Å²) in [5, 5.41) is 6.42. The molecule has 3 nitrogen and oxygen atoms in total. The molecule has 90 valence electrons. The summed E-state index contributed by atoms with van der Waals surface area (Å²) in [7, 11) is 0. The molecule has 0 bridgehead atoms. The number of anilines is 1. The van der Waals surface area contributed by atoms with Gasteiger partial charge < -0.3 is 5.32 Å². The van der Waals surface area contributed by atoms with Gasteiger partial charge in [-0.05, 0) is 25.5 Å². The Balaban J connectivity index is 2.10. The van der Waals surface area contributed by atoms with Gasteiger partial charge in [-0.2, -0.15) is 0 Å². The first-order chi connectivity index (χ1) is 8.31. The summed E-state index contributed by atoms with van der Waals surface area (Å²) in [6.45, 7) is 5.20. The number of pyridine rings is 1. The molecule has 2 rings (SSSR count). The second-order valence-electron chi connectivity index (χ2n) is 3.95. The quantitative estimate of drug-likeness (QED) is 0.818. The summed E-state index contributed by atoms with van der Waals surface area (Å²) in [6, 6.07) is 4.01. The molecule has 0 amide bonds. The Morgan fingerprint density at radius 3 is 3.06 bits per heavy atom. The molecule has 0 aromatic carbocycles. The van der Waals surface area contributed by atoms with Crippen molar-refractivity contribution in [1.29, 1.82) is 0 Å². The van der Waals surface area contributed by atoms with Gasteiger partial charge in [0.15, 0.2) is 5.13 Å². The van der Waals surface area contributed by atoms with Crippen LogP contribution in [-0.4, -0.2) is 16.5 Å². The van der Waals surface area contributed by atoms with Gasteiger partial charge in [0.2, 0.25) is 0 Å². The van der Waals surface area contributed by atoms with Crippen LogP contribution in [0, 0.1) is 6.92 Å². The lowest BCUT2D eigenvalue weighted by atomic mass is 10.1. The fourth-order valence-electron chi connectivity index (χ4n) is 1.61. The van der Waals surface area contributed by atoms with Crippen LogP contribution in [-0.2, 0) is 0 Å². The fourth-order valence-corrected chi connectivity index (χ4v) is 2.35. The molecule has 2 aromatic heterocycles. The summed E-state index contributed by atoms with van der Waals surface area (Å²) >= 11 is 1.65. The minimum Gasteiger partial charge on any atom is -0.362 e. The highest BCUT2D eigenvalue weighted by molar-refractivity contribution is 7.14. The van der Waals surface area contributed by atoms with E-state index in [0.717, 1.165) is 28.6 Å². The third-order valence-corrected chi connectivity index (χ3v) is 3.39. The summed E-state index contributed by atoms with van der Waals surface area (Å²) < 4.78 is 0. The van der Waals surface area contributed by atoms with Crippen LogP contribution in [0.1, 0.15) is 25.5 Å². The maximum atomic E-state index is 4.58. The van der Waals surface area contributed by atoms with Crippen LogP contribution in [0.5, 0.6) is 0 Å². The Labute approximate surface area is 106 Å². The molecule has 0 radical (unpaired) electrons. The van der Waals surface area contributed by atoms with Crippen molar-refractivity contribution in [2.45, 2.75) is 26.7 Å². The number of hydrogen-bond donors (Lipinski definition) is 1. The first-order valence-corrected chi connectivity index (χ1v) is 6.80. The highest BCUT2D eigenvalue weighted by atomic mass is 32.1. The van der Waals surface area contributed by atoms with E-state index < -0.39 is 0 Å². The number of aromatic nitrogens is 2. The second kappa shape index (κ2) is 5.77. The molecule has 0 saturated heterocycles. The predicted octanol–water partition coefficient (Wildman–Crippen LogP) is 3.73. The molecule has 2 heterocycles. The van der Waals surface area contributed by atoms with Crippen LogP contribution < -0.4 is 5.32 Å². The van der Waals surface area contributed by atoms with Crippen molar-refractivity contribution in [3.63, 3.8) is 0 Å². The first kappa shape index (κ1) is 12.0. The Kier molecular flexibility index (Phi) is 4.09. The summed E-state index contributed by atoms with van der Waals surface area (Å²) in [5.74, 6) is 0. The number of nitrogens with one attached hydrogen (secondary N) is 1. The maximum Gasteiger partial charge on any atom is 0.183 e. The Hall–Kier alpha value is -1.42. The van der Waals surface area contributed by atoms with E-state index in [1.807, 2.05) is 19.2 Å². The average Bonchev–Trinajstić information content (AvgIpc) is 2.79. The minimum absolute atomic E-state index is 0.996. The number of aryl methyl sites for hydroxylation is 1. The van der Waals surface area contributed by atoms with Gasteiger partial charge in [0.25, 0.3) is 0 Å². The van der Waals surface area contributed by atoms with Crippen LogP contribution in [0.15, 0.2) is 23.7 Å². The van der Waals surface area contributed by atoms with Crippen molar-refractivity contribution < 1.29 is 0 Å². The van der Waals surface area contributed by atoms with E-state index in [1.54, 1.807) is 11.3 Å². The van der Waals surface area contributed by atoms with Gasteiger partial charge in [0.05, 0.1) is 5.69 Å². The summed E-state index contributed by atoms with van der Waals surface area (Å²) in [4.78, 5) is 8.86. The van der Waals surface area contributed by atoms with Gasteiger partial charge in [-0.3, -0.25) is 4.98 Å². The van der Waals surface area contributed by atoms with Gasteiger partial charge in [0, 0.05) is 29.4 Å². The van der Waals surface area contributed by atoms with Gasteiger partial charge in [0.1, 0.15) is 0 Å². The number of nitrogens with zero attached hydrogens (tertiary/aromatic N) is 2. The van der Waals surface area contributed by atoms with E-state index in [0.29, 0.717) is 0 Å².